The fourth-order valence-corrected chi connectivity index (χ4v) is 2.36. The molecule has 0 aliphatic carbocycles. The van der Waals surface area contributed by atoms with Crippen molar-refractivity contribution >= 4 is 27.5 Å². The molecule has 0 radical (unpaired) electrons. The van der Waals surface area contributed by atoms with Crippen LogP contribution in [0.5, 0.6) is 5.75 Å². The zero-order valence-corrected chi connectivity index (χ0v) is 12.1. The van der Waals surface area contributed by atoms with Crippen molar-refractivity contribution in [3.8, 4) is 5.75 Å². The Morgan fingerprint density at radius 3 is 2.47 bits per heavy atom. The molecule has 0 aliphatic heterocycles. The van der Waals surface area contributed by atoms with Gasteiger partial charge < -0.3 is 4.74 Å². The molecule has 0 N–H and O–H groups in total. The minimum Gasteiger partial charge on any atom is -0.487 e. The molecule has 2 aromatic rings. The summed E-state index contributed by atoms with van der Waals surface area (Å²) < 4.78 is 32.8. The van der Waals surface area contributed by atoms with Crippen molar-refractivity contribution in [1.29, 1.82) is 0 Å². The maximum absolute atomic E-state index is 13.5. The Kier molecular flexibility index (Phi) is 4.77. The summed E-state index contributed by atoms with van der Waals surface area (Å²) in [4.78, 5) is 0. The molecule has 100 valence electrons. The van der Waals surface area contributed by atoms with Crippen molar-refractivity contribution < 1.29 is 13.5 Å². The van der Waals surface area contributed by atoms with Crippen LogP contribution in [0.25, 0.3) is 0 Å². The molecule has 0 aromatic heterocycles. The molecule has 0 heterocycles. The van der Waals surface area contributed by atoms with Crippen LogP contribution in [0.3, 0.4) is 0 Å². The fraction of sp³-hybridized carbons (Fsp3) is 0.143. The van der Waals surface area contributed by atoms with E-state index in [0.29, 0.717) is 5.75 Å². The van der Waals surface area contributed by atoms with Crippen molar-refractivity contribution in [2.75, 3.05) is 0 Å². The van der Waals surface area contributed by atoms with Gasteiger partial charge in [-0.1, -0.05) is 24.3 Å². The number of hydrogen-bond acceptors (Lipinski definition) is 1. The first-order valence-corrected chi connectivity index (χ1v) is 6.85. The Bertz CT molecular complexity index is 590. The lowest BCUT2D eigenvalue weighted by atomic mass is 10.2. The second-order valence-corrected chi connectivity index (χ2v) is 4.98. The van der Waals surface area contributed by atoms with Gasteiger partial charge in [0.15, 0.2) is 11.6 Å². The Labute approximate surface area is 123 Å². The molecule has 5 heteroatoms. The highest BCUT2D eigenvalue weighted by molar-refractivity contribution is 9.10. The van der Waals surface area contributed by atoms with Gasteiger partial charge in [0.2, 0.25) is 0 Å². The quantitative estimate of drug-likeness (QED) is 0.704. The molecule has 1 nitrogen and oxygen atoms in total. The van der Waals surface area contributed by atoms with E-state index < -0.39 is 11.6 Å². The molecule has 0 fully saturated rings. The van der Waals surface area contributed by atoms with E-state index in [0.717, 1.165) is 16.1 Å². The molecular weight excluding hydrogens is 338 g/mol. The number of hydrogen-bond donors (Lipinski definition) is 0. The summed E-state index contributed by atoms with van der Waals surface area (Å²) in [5.41, 5.74) is 0.948. The summed E-state index contributed by atoms with van der Waals surface area (Å²) in [6, 6.07) is 9.44. The van der Waals surface area contributed by atoms with Gasteiger partial charge in [-0.25, -0.2) is 8.78 Å². The summed E-state index contributed by atoms with van der Waals surface area (Å²) >= 11 is 9.15. The summed E-state index contributed by atoms with van der Waals surface area (Å²) in [6.45, 7) is -0.0594. The maximum atomic E-state index is 13.5. The van der Waals surface area contributed by atoms with Crippen LogP contribution in [0.1, 0.15) is 11.1 Å². The number of halogens is 4. The highest BCUT2D eigenvalue weighted by Gasteiger charge is 2.11. The van der Waals surface area contributed by atoms with E-state index >= 15 is 0 Å². The minimum atomic E-state index is -0.887. The van der Waals surface area contributed by atoms with Gasteiger partial charge in [0.25, 0.3) is 0 Å². The van der Waals surface area contributed by atoms with E-state index in [-0.39, 0.29) is 18.1 Å². The Morgan fingerprint density at radius 2 is 1.74 bits per heavy atom. The number of ether oxygens (including phenoxy) is 1. The first-order chi connectivity index (χ1) is 9.13. The van der Waals surface area contributed by atoms with Crippen molar-refractivity contribution in [3.63, 3.8) is 0 Å². The van der Waals surface area contributed by atoms with E-state index in [4.69, 9.17) is 16.3 Å². The summed E-state index contributed by atoms with van der Waals surface area (Å²) in [7, 11) is 0. The predicted octanol–water partition coefficient (Wildman–Crippen LogP) is 5.05. The molecule has 0 saturated heterocycles. The largest absolute Gasteiger partial charge is 0.487 e. The van der Waals surface area contributed by atoms with Crippen molar-refractivity contribution in [2.24, 2.45) is 0 Å². The third kappa shape index (κ3) is 3.25. The van der Waals surface area contributed by atoms with Gasteiger partial charge in [0, 0.05) is 11.1 Å². The van der Waals surface area contributed by atoms with Crippen LogP contribution in [-0.4, -0.2) is 0 Å². The predicted molar refractivity (Wildman–Crippen MR) is 74.4 cm³/mol. The fourth-order valence-electron chi connectivity index (χ4n) is 1.63. The van der Waals surface area contributed by atoms with Crippen LogP contribution in [-0.2, 0) is 12.5 Å². The SMILES string of the molecule is Fc1cccc(COc2c(Br)cccc2CCl)c1F. The summed E-state index contributed by atoms with van der Waals surface area (Å²) in [6.07, 6.45) is 0. The van der Waals surface area contributed by atoms with E-state index in [2.05, 4.69) is 15.9 Å². The monoisotopic (exact) mass is 346 g/mol. The Balaban J connectivity index is 2.21. The molecule has 0 aliphatic rings. The van der Waals surface area contributed by atoms with Crippen LogP contribution >= 0.6 is 27.5 Å². The van der Waals surface area contributed by atoms with E-state index in [1.165, 1.54) is 12.1 Å². The molecular formula is C14H10BrClF2O. The van der Waals surface area contributed by atoms with Gasteiger partial charge >= 0.3 is 0 Å². The third-order valence-electron chi connectivity index (χ3n) is 2.60. The van der Waals surface area contributed by atoms with Crippen LogP contribution < -0.4 is 4.74 Å². The van der Waals surface area contributed by atoms with Crippen molar-refractivity contribution in [3.05, 3.63) is 63.6 Å². The molecule has 0 bridgehead atoms. The molecule has 0 atom stereocenters. The molecule has 2 aromatic carbocycles. The van der Waals surface area contributed by atoms with Gasteiger partial charge in [-0.3, -0.25) is 0 Å². The van der Waals surface area contributed by atoms with Gasteiger partial charge in [-0.05, 0) is 28.1 Å². The second kappa shape index (κ2) is 6.35. The van der Waals surface area contributed by atoms with E-state index in [9.17, 15) is 8.78 Å². The second-order valence-electron chi connectivity index (χ2n) is 3.86. The smallest absolute Gasteiger partial charge is 0.165 e. The first-order valence-electron chi connectivity index (χ1n) is 5.52. The topological polar surface area (TPSA) is 9.23 Å². The molecule has 0 saturated carbocycles. The summed E-state index contributed by atoms with van der Waals surface area (Å²) in [5.74, 6) is -0.950. The van der Waals surface area contributed by atoms with E-state index in [1.54, 1.807) is 6.07 Å². The Hall–Kier alpha value is -1.13. The van der Waals surface area contributed by atoms with Gasteiger partial charge in [-0.2, -0.15) is 0 Å². The zero-order valence-electron chi connectivity index (χ0n) is 9.80. The lowest BCUT2D eigenvalue weighted by molar-refractivity contribution is 0.293. The molecule has 2 rings (SSSR count). The van der Waals surface area contributed by atoms with Crippen LogP contribution in [0, 0.1) is 11.6 Å². The van der Waals surface area contributed by atoms with Gasteiger partial charge in [0.05, 0.1) is 10.4 Å². The number of alkyl halides is 1. The minimum absolute atomic E-state index is 0.0594. The number of benzene rings is 2. The van der Waals surface area contributed by atoms with Crippen LogP contribution in [0.2, 0.25) is 0 Å². The highest BCUT2D eigenvalue weighted by atomic mass is 79.9. The van der Waals surface area contributed by atoms with Gasteiger partial charge in [0.1, 0.15) is 12.4 Å². The zero-order chi connectivity index (χ0) is 13.8. The standard InChI is InChI=1S/C14H10BrClF2O/c15-11-5-1-3-9(7-16)14(11)19-8-10-4-2-6-12(17)13(10)18/h1-6H,7-8H2. The lowest BCUT2D eigenvalue weighted by Gasteiger charge is -2.12. The van der Waals surface area contributed by atoms with Crippen molar-refractivity contribution in [2.45, 2.75) is 12.5 Å². The Morgan fingerprint density at radius 1 is 1.05 bits per heavy atom. The van der Waals surface area contributed by atoms with Crippen LogP contribution in [0.4, 0.5) is 8.78 Å². The molecule has 19 heavy (non-hydrogen) atoms. The lowest BCUT2D eigenvalue weighted by Crippen LogP contribution is -2.02. The van der Waals surface area contributed by atoms with E-state index in [1.807, 2.05) is 12.1 Å². The number of para-hydroxylation sites is 1. The highest BCUT2D eigenvalue weighted by Crippen LogP contribution is 2.31. The molecule has 0 spiro atoms. The average molecular weight is 348 g/mol. The normalized spacial score (nSPS) is 10.5. The van der Waals surface area contributed by atoms with Gasteiger partial charge in [-0.15, -0.1) is 11.6 Å². The maximum Gasteiger partial charge on any atom is 0.165 e. The molecule has 0 amide bonds. The molecule has 0 unspecified atom stereocenters. The van der Waals surface area contributed by atoms with Crippen LogP contribution in [0.15, 0.2) is 40.9 Å². The third-order valence-corrected chi connectivity index (χ3v) is 3.51. The number of rotatable bonds is 4. The summed E-state index contributed by atoms with van der Waals surface area (Å²) in [5, 5.41) is 0. The van der Waals surface area contributed by atoms with Crippen molar-refractivity contribution in [1.82, 2.24) is 0 Å². The first kappa shape index (κ1) is 14.3. The average Bonchev–Trinajstić information content (AvgIpc) is 2.41.